The SMILES string of the molecule is S=C(Nc1cccc(Br)c1)NC1CC[NH+](Cc2ccccc2)CC1. The third-order valence-corrected chi connectivity index (χ3v) is 5.12. The van der Waals surface area contributed by atoms with Crippen LogP contribution in [0.5, 0.6) is 0 Å². The van der Waals surface area contributed by atoms with Gasteiger partial charge in [0.25, 0.3) is 0 Å². The monoisotopic (exact) mass is 404 g/mol. The molecular formula is C19H23BrN3S+. The van der Waals surface area contributed by atoms with Crippen molar-refractivity contribution in [3.63, 3.8) is 0 Å². The lowest BCUT2D eigenvalue weighted by Gasteiger charge is -2.30. The minimum absolute atomic E-state index is 0.469. The Hall–Kier alpha value is -1.43. The minimum Gasteiger partial charge on any atom is -0.359 e. The van der Waals surface area contributed by atoms with E-state index in [4.69, 9.17) is 12.2 Å². The van der Waals surface area contributed by atoms with Gasteiger partial charge in [0.1, 0.15) is 6.54 Å². The molecule has 1 fully saturated rings. The Morgan fingerprint density at radius 1 is 1.08 bits per heavy atom. The Morgan fingerprint density at radius 3 is 2.54 bits per heavy atom. The third-order valence-electron chi connectivity index (χ3n) is 4.41. The van der Waals surface area contributed by atoms with Crippen LogP contribution >= 0.6 is 28.1 Å². The molecule has 0 aliphatic carbocycles. The van der Waals surface area contributed by atoms with E-state index >= 15 is 0 Å². The summed E-state index contributed by atoms with van der Waals surface area (Å²) in [6, 6.07) is 19.3. The molecule has 0 saturated carbocycles. The normalized spacial score (nSPS) is 20.4. The van der Waals surface area contributed by atoms with Crippen LogP contribution in [0.3, 0.4) is 0 Å². The number of anilines is 1. The maximum Gasteiger partial charge on any atom is 0.171 e. The van der Waals surface area contributed by atoms with Crippen molar-refractivity contribution in [2.45, 2.75) is 25.4 Å². The van der Waals surface area contributed by atoms with Crippen molar-refractivity contribution >= 4 is 38.9 Å². The van der Waals surface area contributed by atoms with Crippen molar-refractivity contribution in [1.29, 1.82) is 0 Å². The average molecular weight is 405 g/mol. The van der Waals surface area contributed by atoms with Crippen molar-refractivity contribution in [2.24, 2.45) is 0 Å². The summed E-state index contributed by atoms with van der Waals surface area (Å²) in [6.45, 7) is 3.49. The maximum absolute atomic E-state index is 5.45. The summed E-state index contributed by atoms with van der Waals surface area (Å²) >= 11 is 8.93. The van der Waals surface area contributed by atoms with Crippen LogP contribution in [0, 0.1) is 0 Å². The van der Waals surface area contributed by atoms with Crippen molar-refractivity contribution in [3.8, 4) is 0 Å². The molecule has 0 aromatic heterocycles. The highest BCUT2D eigenvalue weighted by Crippen LogP contribution is 2.15. The number of quaternary nitrogens is 1. The molecule has 2 aromatic carbocycles. The maximum atomic E-state index is 5.45. The number of piperidine rings is 1. The zero-order valence-electron chi connectivity index (χ0n) is 13.6. The van der Waals surface area contributed by atoms with E-state index in [1.165, 1.54) is 18.7 Å². The van der Waals surface area contributed by atoms with Gasteiger partial charge in [-0.25, -0.2) is 0 Å². The number of hydrogen-bond donors (Lipinski definition) is 3. The molecule has 3 N–H and O–H groups in total. The van der Waals surface area contributed by atoms with E-state index in [9.17, 15) is 0 Å². The molecule has 0 bridgehead atoms. The van der Waals surface area contributed by atoms with Crippen molar-refractivity contribution in [3.05, 3.63) is 64.6 Å². The van der Waals surface area contributed by atoms with Gasteiger partial charge >= 0.3 is 0 Å². The summed E-state index contributed by atoms with van der Waals surface area (Å²) in [7, 11) is 0. The highest BCUT2D eigenvalue weighted by molar-refractivity contribution is 9.10. The number of rotatable bonds is 4. The molecule has 3 rings (SSSR count). The molecule has 0 spiro atoms. The molecule has 0 amide bonds. The van der Waals surface area contributed by atoms with Gasteiger partial charge in [-0.3, -0.25) is 0 Å². The molecule has 0 radical (unpaired) electrons. The Balaban J connectivity index is 1.42. The van der Waals surface area contributed by atoms with Crippen LogP contribution in [-0.4, -0.2) is 24.2 Å². The first kappa shape index (κ1) is 17.4. The highest BCUT2D eigenvalue weighted by atomic mass is 79.9. The van der Waals surface area contributed by atoms with E-state index in [-0.39, 0.29) is 0 Å². The zero-order valence-corrected chi connectivity index (χ0v) is 16.0. The zero-order chi connectivity index (χ0) is 16.8. The molecule has 1 aliphatic rings. The molecule has 0 unspecified atom stereocenters. The van der Waals surface area contributed by atoms with Crippen LogP contribution in [0.4, 0.5) is 5.69 Å². The Morgan fingerprint density at radius 2 is 1.83 bits per heavy atom. The second-order valence-corrected chi connectivity index (χ2v) is 7.62. The summed E-state index contributed by atoms with van der Waals surface area (Å²) in [6.07, 6.45) is 2.31. The van der Waals surface area contributed by atoms with Gasteiger partial charge in [0.05, 0.1) is 13.1 Å². The molecule has 5 heteroatoms. The summed E-state index contributed by atoms with van der Waals surface area (Å²) in [5, 5.41) is 7.44. The molecule has 1 heterocycles. The average Bonchev–Trinajstić information content (AvgIpc) is 2.57. The molecule has 3 nitrogen and oxygen atoms in total. The Bertz CT molecular complexity index is 669. The Kier molecular flexibility index (Phi) is 6.24. The number of likely N-dealkylation sites (tertiary alicyclic amines) is 1. The summed E-state index contributed by atoms with van der Waals surface area (Å²) < 4.78 is 1.05. The van der Waals surface area contributed by atoms with E-state index in [2.05, 4.69) is 56.9 Å². The fourth-order valence-electron chi connectivity index (χ4n) is 3.15. The molecule has 2 aromatic rings. The lowest BCUT2D eigenvalue weighted by Crippen LogP contribution is -3.12. The van der Waals surface area contributed by atoms with Gasteiger partial charge in [0.2, 0.25) is 0 Å². The van der Waals surface area contributed by atoms with Crippen LogP contribution in [0.25, 0.3) is 0 Å². The molecule has 1 saturated heterocycles. The predicted molar refractivity (Wildman–Crippen MR) is 107 cm³/mol. The first-order chi connectivity index (χ1) is 11.7. The van der Waals surface area contributed by atoms with Crippen LogP contribution in [0.2, 0.25) is 0 Å². The fourth-order valence-corrected chi connectivity index (χ4v) is 3.83. The molecule has 24 heavy (non-hydrogen) atoms. The molecule has 0 atom stereocenters. The minimum atomic E-state index is 0.469. The van der Waals surface area contributed by atoms with Crippen molar-refractivity contribution < 1.29 is 4.90 Å². The van der Waals surface area contributed by atoms with Crippen molar-refractivity contribution in [1.82, 2.24) is 5.32 Å². The number of nitrogens with one attached hydrogen (secondary N) is 3. The van der Waals surface area contributed by atoms with E-state index in [0.717, 1.165) is 29.5 Å². The largest absolute Gasteiger partial charge is 0.359 e. The van der Waals surface area contributed by atoms with Gasteiger partial charge in [-0.1, -0.05) is 52.3 Å². The summed E-state index contributed by atoms with van der Waals surface area (Å²) in [5.41, 5.74) is 2.43. The van der Waals surface area contributed by atoms with Crippen LogP contribution < -0.4 is 15.5 Å². The van der Waals surface area contributed by atoms with Crippen molar-refractivity contribution in [2.75, 3.05) is 18.4 Å². The van der Waals surface area contributed by atoms with Gasteiger partial charge in [-0.15, -0.1) is 0 Å². The van der Waals surface area contributed by atoms with E-state index in [1.807, 2.05) is 24.3 Å². The second-order valence-electron chi connectivity index (χ2n) is 6.30. The number of hydrogen-bond acceptors (Lipinski definition) is 1. The molecular weight excluding hydrogens is 382 g/mol. The Labute approximate surface area is 157 Å². The highest BCUT2D eigenvalue weighted by Gasteiger charge is 2.22. The second kappa shape index (κ2) is 8.60. The lowest BCUT2D eigenvalue weighted by atomic mass is 10.0. The quantitative estimate of drug-likeness (QED) is 0.684. The fraction of sp³-hybridized carbons (Fsp3) is 0.316. The van der Waals surface area contributed by atoms with Crippen LogP contribution in [-0.2, 0) is 6.54 Å². The third kappa shape index (κ3) is 5.30. The summed E-state index contributed by atoms with van der Waals surface area (Å²) in [5.74, 6) is 0. The molecule has 1 aliphatic heterocycles. The number of thiocarbonyl (C=S) groups is 1. The summed E-state index contributed by atoms with van der Waals surface area (Å²) in [4.78, 5) is 1.66. The van der Waals surface area contributed by atoms with E-state index in [1.54, 1.807) is 4.90 Å². The van der Waals surface area contributed by atoms with Gasteiger partial charge in [0, 0.05) is 34.6 Å². The lowest BCUT2D eigenvalue weighted by molar-refractivity contribution is -0.918. The van der Waals surface area contributed by atoms with Gasteiger partial charge in [0.15, 0.2) is 5.11 Å². The predicted octanol–water partition coefficient (Wildman–Crippen LogP) is 2.98. The number of halogens is 1. The van der Waals surface area contributed by atoms with Crippen LogP contribution in [0.1, 0.15) is 18.4 Å². The van der Waals surface area contributed by atoms with Gasteiger partial charge in [-0.2, -0.15) is 0 Å². The van der Waals surface area contributed by atoms with Gasteiger partial charge in [-0.05, 0) is 30.4 Å². The van der Waals surface area contributed by atoms with Crippen LogP contribution in [0.15, 0.2) is 59.1 Å². The smallest absolute Gasteiger partial charge is 0.171 e. The van der Waals surface area contributed by atoms with Gasteiger partial charge < -0.3 is 15.5 Å². The topological polar surface area (TPSA) is 28.5 Å². The van der Waals surface area contributed by atoms with E-state index in [0.29, 0.717) is 11.2 Å². The first-order valence-corrected chi connectivity index (χ1v) is 9.60. The first-order valence-electron chi connectivity index (χ1n) is 8.39. The van der Waals surface area contributed by atoms with E-state index < -0.39 is 0 Å². The molecule has 126 valence electrons. The standard InChI is InChI=1S/C19H22BrN3S/c20-16-7-4-8-18(13-16)22-19(24)21-17-9-11-23(12-10-17)14-15-5-2-1-3-6-15/h1-8,13,17H,9-12,14H2,(H2,21,22,24)/p+1. The number of benzene rings is 2.